The number of nitrogens with zero attached hydrogens (tertiary/aromatic N) is 2. The highest BCUT2D eigenvalue weighted by Crippen LogP contribution is 2.32. The zero-order chi connectivity index (χ0) is 17.3. The molecule has 3 nitrogen and oxygen atoms in total. The predicted molar refractivity (Wildman–Crippen MR) is 101 cm³/mol. The van der Waals surface area contributed by atoms with E-state index >= 15 is 0 Å². The van der Waals surface area contributed by atoms with Gasteiger partial charge in [0.15, 0.2) is 0 Å². The van der Waals surface area contributed by atoms with Crippen molar-refractivity contribution in [1.29, 1.82) is 0 Å². The molecule has 124 valence electrons. The van der Waals surface area contributed by atoms with E-state index in [1.54, 1.807) is 30.6 Å². The van der Waals surface area contributed by atoms with Crippen molar-refractivity contribution in [2.75, 3.05) is 0 Å². The Balaban J connectivity index is 2.00. The molecular weight excluding hydrogens is 388 g/mol. The van der Waals surface area contributed by atoms with Gasteiger partial charge in [-0.1, -0.05) is 52.5 Å². The number of hydrogen-bond acceptors (Lipinski definition) is 2. The van der Waals surface area contributed by atoms with Crippen LogP contribution in [0.5, 0.6) is 0 Å². The molecule has 0 aliphatic heterocycles. The smallest absolute Gasteiger partial charge is 0.0959 e. The molecule has 0 atom stereocenters. The van der Waals surface area contributed by atoms with Crippen molar-refractivity contribution in [3.05, 3.63) is 74.1 Å². The summed E-state index contributed by atoms with van der Waals surface area (Å²) in [4.78, 5) is 4.48. The first kappa shape index (κ1) is 17.6. The molecule has 24 heavy (non-hydrogen) atoms. The van der Waals surface area contributed by atoms with E-state index in [2.05, 4.69) is 4.98 Å². The van der Waals surface area contributed by atoms with Crippen LogP contribution in [0.15, 0.2) is 42.7 Å². The number of hydrogen-bond donors (Lipinski definition) is 1. The predicted octanol–water partition coefficient (Wildman–Crippen LogP) is 5.67. The van der Waals surface area contributed by atoms with Crippen LogP contribution in [0.1, 0.15) is 11.3 Å². The Morgan fingerprint density at radius 1 is 0.917 bits per heavy atom. The summed E-state index contributed by atoms with van der Waals surface area (Å²) in [6, 6.07) is 10.7. The van der Waals surface area contributed by atoms with Crippen LogP contribution in [-0.2, 0) is 13.1 Å². The van der Waals surface area contributed by atoms with Gasteiger partial charge >= 0.3 is 0 Å². The van der Waals surface area contributed by atoms with Crippen molar-refractivity contribution in [2.24, 2.45) is 5.73 Å². The zero-order valence-corrected chi connectivity index (χ0v) is 15.5. The molecule has 0 spiro atoms. The van der Waals surface area contributed by atoms with Crippen LogP contribution in [0.2, 0.25) is 20.1 Å². The van der Waals surface area contributed by atoms with E-state index in [9.17, 15) is 0 Å². The van der Waals surface area contributed by atoms with Gasteiger partial charge in [-0.05, 0) is 35.9 Å². The summed E-state index contributed by atoms with van der Waals surface area (Å²) in [6.07, 6.45) is 1.73. The number of benzene rings is 2. The van der Waals surface area contributed by atoms with E-state index in [0.29, 0.717) is 33.2 Å². The van der Waals surface area contributed by atoms with Crippen molar-refractivity contribution < 1.29 is 0 Å². The first-order valence-corrected chi connectivity index (χ1v) is 8.64. The average molecular weight is 401 g/mol. The number of halogens is 4. The fourth-order valence-electron chi connectivity index (χ4n) is 2.50. The third kappa shape index (κ3) is 3.56. The summed E-state index contributed by atoms with van der Waals surface area (Å²) in [7, 11) is 0. The number of rotatable bonds is 4. The Bertz CT molecular complexity index is 890. The molecule has 2 aromatic carbocycles. The van der Waals surface area contributed by atoms with E-state index in [1.165, 1.54) is 0 Å². The summed E-state index contributed by atoms with van der Waals surface area (Å²) in [5.74, 6) is 0. The largest absolute Gasteiger partial charge is 0.328 e. The standard InChI is InChI=1S/C17H13Cl4N3/c18-11-2-1-10(14(20)5-11)8-24-9-23-17(16(24)7-22)13-4-3-12(19)6-15(13)21/h1-6,9H,7-8,22H2. The topological polar surface area (TPSA) is 43.8 Å². The second kappa shape index (κ2) is 7.34. The molecule has 2 N–H and O–H groups in total. The van der Waals surface area contributed by atoms with Gasteiger partial charge in [-0.15, -0.1) is 0 Å². The maximum atomic E-state index is 6.29. The van der Waals surface area contributed by atoms with Gasteiger partial charge in [0.1, 0.15) is 0 Å². The van der Waals surface area contributed by atoms with Crippen LogP contribution in [0, 0.1) is 0 Å². The van der Waals surface area contributed by atoms with Gasteiger partial charge in [-0.3, -0.25) is 0 Å². The molecule has 1 heterocycles. The zero-order valence-electron chi connectivity index (χ0n) is 12.4. The molecule has 3 aromatic rings. The van der Waals surface area contributed by atoms with Crippen molar-refractivity contribution >= 4 is 46.4 Å². The van der Waals surface area contributed by atoms with Crippen LogP contribution < -0.4 is 5.73 Å². The first-order chi connectivity index (χ1) is 11.5. The molecule has 3 rings (SSSR count). The molecular formula is C17H13Cl4N3. The number of nitrogens with two attached hydrogens (primary N) is 1. The lowest BCUT2D eigenvalue weighted by Gasteiger charge is -2.11. The van der Waals surface area contributed by atoms with Gasteiger partial charge in [-0.2, -0.15) is 0 Å². The Morgan fingerprint density at radius 2 is 1.58 bits per heavy atom. The van der Waals surface area contributed by atoms with E-state index in [4.69, 9.17) is 52.1 Å². The highest BCUT2D eigenvalue weighted by molar-refractivity contribution is 6.36. The Hall–Kier alpha value is -1.23. The second-order valence-electron chi connectivity index (χ2n) is 5.23. The van der Waals surface area contributed by atoms with Crippen LogP contribution >= 0.6 is 46.4 Å². The Morgan fingerprint density at radius 3 is 2.21 bits per heavy atom. The molecule has 0 radical (unpaired) electrons. The fraction of sp³-hybridized carbons (Fsp3) is 0.118. The maximum Gasteiger partial charge on any atom is 0.0959 e. The van der Waals surface area contributed by atoms with Crippen LogP contribution in [0.25, 0.3) is 11.3 Å². The minimum absolute atomic E-state index is 0.319. The van der Waals surface area contributed by atoms with Gasteiger partial charge in [0.05, 0.1) is 29.3 Å². The van der Waals surface area contributed by atoms with Crippen LogP contribution in [0.3, 0.4) is 0 Å². The first-order valence-electron chi connectivity index (χ1n) is 7.13. The molecule has 0 saturated carbocycles. The highest BCUT2D eigenvalue weighted by Gasteiger charge is 2.15. The maximum absolute atomic E-state index is 6.29. The van der Waals surface area contributed by atoms with Crippen molar-refractivity contribution in [3.63, 3.8) is 0 Å². The molecule has 1 aromatic heterocycles. The fourth-order valence-corrected chi connectivity index (χ4v) is 3.46. The molecule has 0 aliphatic carbocycles. The lowest BCUT2D eigenvalue weighted by atomic mass is 10.1. The van der Waals surface area contributed by atoms with E-state index < -0.39 is 0 Å². The van der Waals surface area contributed by atoms with Gasteiger partial charge in [0, 0.05) is 27.2 Å². The second-order valence-corrected chi connectivity index (χ2v) is 6.92. The van der Waals surface area contributed by atoms with Gasteiger partial charge in [0.25, 0.3) is 0 Å². The molecule has 0 saturated heterocycles. The highest BCUT2D eigenvalue weighted by atomic mass is 35.5. The summed E-state index contributed by atoms with van der Waals surface area (Å²) >= 11 is 24.5. The summed E-state index contributed by atoms with van der Waals surface area (Å²) in [5.41, 5.74) is 9.28. The molecule has 7 heteroatoms. The quantitative estimate of drug-likeness (QED) is 0.612. The van der Waals surface area contributed by atoms with E-state index in [1.807, 2.05) is 16.7 Å². The van der Waals surface area contributed by atoms with Gasteiger partial charge in [0.2, 0.25) is 0 Å². The van der Waals surface area contributed by atoms with E-state index in [0.717, 1.165) is 22.5 Å². The minimum Gasteiger partial charge on any atom is -0.328 e. The lowest BCUT2D eigenvalue weighted by Crippen LogP contribution is -2.09. The Kier molecular flexibility index (Phi) is 5.38. The Labute approximate surface area is 159 Å². The third-order valence-electron chi connectivity index (χ3n) is 3.68. The van der Waals surface area contributed by atoms with Crippen LogP contribution in [-0.4, -0.2) is 9.55 Å². The summed E-state index contributed by atoms with van der Waals surface area (Å²) in [6.45, 7) is 0.861. The SMILES string of the molecule is NCc1c(-c2ccc(Cl)cc2Cl)ncn1Cc1ccc(Cl)cc1Cl. The van der Waals surface area contributed by atoms with Crippen LogP contribution in [0.4, 0.5) is 0 Å². The normalized spacial score (nSPS) is 11.0. The van der Waals surface area contributed by atoms with Crippen molar-refractivity contribution in [2.45, 2.75) is 13.1 Å². The third-order valence-corrected chi connectivity index (χ3v) is 4.82. The summed E-state index contributed by atoms with van der Waals surface area (Å²) < 4.78 is 1.95. The molecule has 0 fully saturated rings. The summed E-state index contributed by atoms with van der Waals surface area (Å²) in [5, 5.41) is 2.31. The van der Waals surface area contributed by atoms with Gasteiger partial charge < -0.3 is 10.3 Å². The molecule has 0 aliphatic rings. The molecule has 0 amide bonds. The van der Waals surface area contributed by atoms with Crippen molar-refractivity contribution in [3.8, 4) is 11.3 Å². The van der Waals surface area contributed by atoms with Crippen molar-refractivity contribution in [1.82, 2.24) is 9.55 Å². The molecule has 0 unspecified atom stereocenters. The number of imidazole rings is 1. The molecule has 0 bridgehead atoms. The monoisotopic (exact) mass is 399 g/mol. The lowest BCUT2D eigenvalue weighted by molar-refractivity contribution is 0.741. The van der Waals surface area contributed by atoms with Gasteiger partial charge in [-0.25, -0.2) is 4.98 Å². The van der Waals surface area contributed by atoms with E-state index in [-0.39, 0.29) is 0 Å². The average Bonchev–Trinajstić information content (AvgIpc) is 2.92. The minimum atomic E-state index is 0.319. The number of aromatic nitrogens is 2.